The molecule has 0 bridgehead atoms. The van der Waals surface area contributed by atoms with E-state index in [1.807, 2.05) is 18.2 Å². The van der Waals surface area contributed by atoms with E-state index in [2.05, 4.69) is 23.1 Å². The Morgan fingerprint density at radius 2 is 1.81 bits per heavy atom. The molecule has 2 amide bonds. The van der Waals surface area contributed by atoms with E-state index in [1.54, 1.807) is 24.1 Å². The molecule has 6 heteroatoms. The Morgan fingerprint density at radius 1 is 1.11 bits per heavy atom. The minimum absolute atomic E-state index is 0.0409. The summed E-state index contributed by atoms with van der Waals surface area (Å²) >= 11 is 0. The second-order valence-electron chi connectivity index (χ2n) is 6.69. The lowest BCUT2D eigenvalue weighted by Crippen LogP contribution is -2.43. The van der Waals surface area contributed by atoms with Crippen molar-refractivity contribution in [1.29, 1.82) is 0 Å². The first-order valence-corrected chi connectivity index (χ1v) is 9.08. The quantitative estimate of drug-likeness (QED) is 0.812. The number of nitrogens with two attached hydrogens (primary N) is 1. The number of carbonyl (C=O) groups excluding carboxylic acids is 2. The highest BCUT2D eigenvalue weighted by Crippen LogP contribution is 2.22. The Labute approximate surface area is 159 Å². The second kappa shape index (κ2) is 8.68. The Bertz CT molecular complexity index is 805. The Kier molecular flexibility index (Phi) is 6.08. The van der Waals surface area contributed by atoms with Gasteiger partial charge >= 0.3 is 0 Å². The number of fused-ring (bicyclic) bond motifs is 1. The van der Waals surface area contributed by atoms with Gasteiger partial charge in [-0.25, -0.2) is 0 Å². The maximum atomic E-state index is 13.0. The van der Waals surface area contributed by atoms with E-state index >= 15 is 0 Å². The van der Waals surface area contributed by atoms with Crippen molar-refractivity contribution in [2.75, 3.05) is 31.6 Å². The van der Waals surface area contributed by atoms with Gasteiger partial charge in [0.05, 0.1) is 13.7 Å². The fourth-order valence-corrected chi connectivity index (χ4v) is 3.35. The summed E-state index contributed by atoms with van der Waals surface area (Å²) in [7, 11) is 1.60. The molecule has 1 aliphatic heterocycles. The van der Waals surface area contributed by atoms with Gasteiger partial charge in [-0.1, -0.05) is 24.3 Å². The first-order chi connectivity index (χ1) is 13.1. The molecular weight excluding hydrogens is 342 g/mol. The Hall–Kier alpha value is -2.86. The van der Waals surface area contributed by atoms with E-state index in [0.717, 1.165) is 25.2 Å². The van der Waals surface area contributed by atoms with E-state index in [1.165, 1.54) is 11.1 Å². The molecule has 0 saturated heterocycles. The average molecular weight is 367 g/mol. The van der Waals surface area contributed by atoms with Gasteiger partial charge in [0.25, 0.3) is 0 Å². The number of ether oxygens (including phenoxy) is 1. The van der Waals surface area contributed by atoms with E-state index in [0.29, 0.717) is 12.3 Å². The molecular formula is C21H25N3O3. The molecule has 3 rings (SSSR count). The number of primary amides is 1. The van der Waals surface area contributed by atoms with Gasteiger partial charge in [-0.3, -0.25) is 14.5 Å². The molecule has 2 aromatic rings. The topological polar surface area (TPSA) is 75.9 Å². The molecule has 0 fully saturated rings. The van der Waals surface area contributed by atoms with Crippen molar-refractivity contribution < 1.29 is 14.3 Å². The lowest BCUT2D eigenvalue weighted by molar-refractivity contribution is -0.120. The summed E-state index contributed by atoms with van der Waals surface area (Å²) in [5.41, 5.74) is 8.65. The predicted molar refractivity (Wildman–Crippen MR) is 105 cm³/mol. The van der Waals surface area contributed by atoms with Crippen LogP contribution in [0, 0.1) is 0 Å². The molecule has 2 N–H and O–H groups in total. The molecule has 0 spiro atoms. The monoisotopic (exact) mass is 367 g/mol. The number of methoxy groups -OCH3 is 1. The fourth-order valence-electron chi connectivity index (χ4n) is 3.35. The van der Waals surface area contributed by atoms with Gasteiger partial charge in [-0.15, -0.1) is 0 Å². The van der Waals surface area contributed by atoms with Gasteiger partial charge in [-0.05, 0) is 41.8 Å². The van der Waals surface area contributed by atoms with Gasteiger partial charge in [0.15, 0.2) is 0 Å². The van der Waals surface area contributed by atoms with Gasteiger partial charge in [0.2, 0.25) is 11.8 Å². The predicted octanol–water partition coefficient (Wildman–Crippen LogP) is 1.96. The molecule has 0 atom stereocenters. The lowest BCUT2D eigenvalue weighted by atomic mass is 10.00. The summed E-state index contributed by atoms with van der Waals surface area (Å²) in [4.78, 5) is 28.0. The molecule has 1 aliphatic rings. The van der Waals surface area contributed by atoms with E-state index < -0.39 is 5.91 Å². The number of rotatable bonds is 7. The highest BCUT2D eigenvalue weighted by molar-refractivity contribution is 5.95. The molecule has 0 aliphatic carbocycles. The van der Waals surface area contributed by atoms with Crippen LogP contribution in [0.1, 0.15) is 17.5 Å². The zero-order valence-corrected chi connectivity index (χ0v) is 15.6. The van der Waals surface area contributed by atoms with Gasteiger partial charge in [-0.2, -0.15) is 0 Å². The van der Waals surface area contributed by atoms with Crippen LogP contribution in [-0.2, 0) is 22.6 Å². The SMILES string of the molecule is COc1ccc(N(CCC(N)=O)C(=O)CN2CCc3ccccc3C2)cc1. The molecule has 0 unspecified atom stereocenters. The van der Waals surface area contributed by atoms with Crippen LogP contribution in [0.3, 0.4) is 0 Å². The number of anilines is 1. The summed E-state index contributed by atoms with van der Waals surface area (Å²) in [5, 5.41) is 0. The third kappa shape index (κ3) is 4.86. The maximum absolute atomic E-state index is 13.0. The van der Waals surface area contributed by atoms with Crippen LogP contribution >= 0.6 is 0 Å². The lowest BCUT2D eigenvalue weighted by Gasteiger charge is -2.31. The molecule has 0 saturated carbocycles. The first-order valence-electron chi connectivity index (χ1n) is 9.08. The number of hydrogen-bond donors (Lipinski definition) is 1. The number of amides is 2. The second-order valence-corrected chi connectivity index (χ2v) is 6.69. The van der Waals surface area contributed by atoms with Crippen molar-refractivity contribution in [3.8, 4) is 5.75 Å². The van der Waals surface area contributed by atoms with Crippen molar-refractivity contribution in [2.24, 2.45) is 5.73 Å². The van der Waals surface area contributed by atoms with Crippen molar-refractivity contribution in [1.82, 2.24) is 4.90 Å². The normalized spacial score (nSPS) is 13.7. The number of nitrogens with zero attached hydrogens (tertiary/aromatic N) is 2. The maximum Gasteiger partial charge on any atom is 0.241 e. The zero-order valence-electron chi connectivity index (χ0n) is 15.6. The molecule has 0 aromatic heterocycles. The zero-order chi connectivity index (χ0) is 19.2. The summed E-state index contributed by atoms with van der Waals surface area (Å²) in [6, 6.07) is 15.6. The van der Waals surface area contributed by atoms with E-state index in [-0.39, 0.29) is 18.9 Å². The summed E-state index contributed by atoms with van der Waals surface area (Å²) in [5.74, 6) is 0.252. The van der Waals surface area contributed by atoms with E-state index in [9.17, 15) is 9.59 Å². The average Bonchev–Trinajstić information content (AvgIpc) is 2.68. The highest BCUT2D eigenvalue weighted by atomic mass is 16.5. The fraction of sp³-hybridized carbons (Fsp3) is 0.333. The van der Waals surface area contributed by atoms with Crippen molar-refractivity contribution in [2.45, 2.75) is 19.4 Å². The molecule has 2 aromatic carbocycles. The van der Waals surface area contributed by atoms with Crippen molar-refractivity contribution >= 4 is 17.5 Å². The summed E-state index contributed by atoms with van der Waals surface area (Å²) < 4.78 is 5.18. The highest BCUT2D eigenvalue weighted by Gasteiger charge is 2.22. The molecule has 0 radical (unpaired) electrons. The Morgan fingerprint density at radius 3 is 2.48 bits per heavy atom. The minimum Gasteiger partial charge on any atom is -0.497 e. The van der Waals surface area contributed by atoms with Gasteiger partial charge in [0, 0.05) is 31.7 Å². The number of hydrogen-bond acceptors (Lipinski definition) is 4. The molecule has 1 heterocycles. The van der Waals surface area contributed by atoms with Crippen molar-refractivity contribution in [3.05, 3.63) is 59.7 Å². The van der Waals surface area contributed by atoms with Crippen LogP contribution < -0.4 is 15.4 Å². The minimum atomic E-state index is -0.423. The van der Waals surface area contributed by atoms with Crippen LogP contribution in [0.2, 0.25) is 0 Å². The Balaban J connectivity index is 1.71. The third-order valence-corrected chi connectivity index (χ3v) is 4.84. The third-order valence-electron chi connectivity index (χ3n) is 4.84. The number of carbonyl (C=O) groups is 2. The van der Waals surface area contributed by atoms with Gasteiger partial charge in [0.1, 0.15) is 5.75 Å². The number of benzene rings is 2. The van der Waals surface area contributed by atoms with Crippen LogP contribution in [0.5, 0.6) is 5.75 Å². The van der Waals surface area contributed by atoms with Crippen LogP contribution in [0.4, 0.5) is 5.69 Å². The largest absolute Gasteiger partial charge is 0.497 e. The molecule has 27 heavy (non-hydrogen) atoms. The van der Waals surface area contributed by atoms with Crippen LogP contribution in [-0.4, -0.2) is 43.5 Å². The molecule has 142 valence electrons. The smallest absolute Gasteiger partial charge is 0.241 e. The van der Waals surface area contributed by atoms with Gasteiger partial charge < -0.3 is 15.4 Å². The summed E-state index contributed by atoms with van der Waals surface area (Å²) in [6.45, 7) is 2.17. The van der Waals surface area contributed by atoms with Crippen LogP contribution in [0.25, 0.3) is 0 Å². The summed E-state index contributed by atoms with van der Waals surface area (Å²) in [6.07, 6.45) is 1.06. The molecule has 6 nitrogen and oxygen atoms in total. The van der Waals surface area contributed by atoms with Crippen molar-refractivity contribution in [3.63, 3.8) is 0 Å². The van der Waals surface area contributed by atoms with Crippen LogP contribution in [0.15, 0.2) is 48.5 Å². The first kappa shape index (κ1) is 18.9. The standard InChI is InChI=1S/C21H25N3O3/c1-27-19-8-6-18(7-9-19)24(13-11-20(22)25)21(26)15-23-12-10-16-4-2-3-5-17(16)14-23/h2-9H,10-15H2,1H3,(H2,22,25). The van der Waals surface area contributed by atoms with E-state index in [4.69, 9.17) is 10.5 Å².